The number of hydrogen-bond donors (Lipinski definition) is 0. The summed E-state index contributed by atoms with van der Waals surface area (Å²) in [6.45, 7) is 14.4. The van der Waals surface area contributed by atoms with Crippen molar-refractivity contribution in [3.05, 3.63) is 0 Å². The zero-order chi connectivity index (χ0) is 15.3. The van der Waals surface area contributed by atoms with E-state index in [0.717, 1.165) is 17.8 Å². The fourth-order valence-electron chi connectivity index (χ4n) is 2.55. The van der Waals surface area contributed by atoms with E-state index in [-0.39, 0.29) is 0 Å². The molecule has 0 aromatic heterocycles. The summed E-state index contributed by atoms with van der Waals surface area (Å²) in [5, 5.41) is 0. The zero-order valence-electron chi connectivity index (χ0n) is 15.1. The molecule has 19 heavy (non-hydrogen) atoms. The summed E-state index contributed by atoms with van der Waals surface area (Å²) in [5.74, 6) is 2.95. The molecule has 1 atom stereocenters. The first-order chi connectivity index (χ1) is 9.01. The predicted octanol–water partition coefficient (Wildman–Crippen LogP) is 5.84. The summed E-state index contributed by atoms with van der Waals surface area (Å²) < 4.78 is 0. The van der Waals surface area contributed by atoms with Crippen molar-refractivity contribution in [1.29, 1.82) is 0 Å². The van der Waals surface area contributed by atoms with Crippen molar-refractivity contribution in [2.45, 2.75) is 80.1 Å². The minimum atomic E-state index is 0.935. The molecule has 118 valence electrons. The van der Waals surface area contributed by atoms with Gasteiger partial charge in [0.05, 0.1) is 0 Å². The van der Waals surface area contributed by atoms with Crippen LogP contribution in [0.2, 0.25) is 0 Å². The number of nitrogens with zero attached hydrogens (tertiary/aromatic N) is 1. The Morgan fingerprint density at radius 3 is 1.79 bits per heavy atom. The van der Waals surface area contributed by atoms with Crippen LogP contribution in [0.25, 0.3) is 0 Å². The maximum absolute atomic E-state index is 2.45. The van der Waals surface area contributed by atoms with E-state index in [9.17, 15) is 0 Å². The highest BCUT2D eigenvalue weighted by Crippen LogP contribution is 2.34. The van der Waals surface area contributed by atoms with Crippen molar-refractivity contribution in [3.8, 4) is 0 Å². The van der Waals surface area contributed by atoms with Crippen LogP contribution >= 0.6 is 0 Å². The second-order valence-corrected chi connectivity index (χ2v) is 6.30. The summed E-state index contributed by atoms with van der Waals surface area (Å²) in [6.07, 6.45) is 8.53. The minimum absolute atomic E-state index is 0.935. The largest absolute Gasteiger partial charge is 0.309 e. The van der Waals surface area contributed by atoms with Gasteiger partial charge in [0.1, 0.15) is 0 Å². The maximum atomic E-state index is 2.45. The standard InChI is InChI=1S/C13H27N.C3H8.C2H6/c1-11-5-7-13(8-6-11)12(2)9-10-14(3)4;1-3-2;1-2/h11-13H,5-10H2,1-4H3;3H2,1-2H3;1-2H3. The highest BCUT2D eigenvalue weighted by atomic mass is 15.0. The Hall–Kier alpha value is -0.0400. The van der Waals surface area contributed by atoms with Crippen LogP contribution in [0, 0.1) is 17.8 Å². The van der Waals surface area contributed by atoms with Crippen LogP contribution in [-0.4, -0.2) is 25.5 Å². The molecule has 0 amide bonds. The summed E-state index contributed by atoms with van der Waals surface area (Å²) in [6, 6.07) is 0. The van der Waals surface area contributed by atoms with Gasteiger partial charge in [0.15, 0.2) is 0 Å². The SMILES string of the molecule is CC.CC1CCC(C(C)CCN(C)C)CC1.CCC. The number of hydrogen-bond acceptors (Lipinski definition) is 1. The Morgan fingerprint density at radius 2 is 1.42 bits per heavy atom. The van der Waals surface area contributed by atoms with Crippen molar-refractivity contribution < 1.29 is 0 Å². The second kappa shape index (κ2) is 14.4. The van der Waals surface area contributed by atoms with Gasteiger partial charge in [0.25, 0.3) is 0 Å². The van der Waals surface area contributed by atoms with Gasteiger partial charge in [0.2, 0.25) is 0 Å². The van der Waals surface area contributed by atoms with E-state index in [1.54, 1.807) is 0 Å². The van der Waals surface area contributed by atoms with Gasteiger partial charge in [0, 0.05) is 0 Å². The van der Waals surface area contributed by atoms with E-state index in [4.69, 9.17) is 0 Å². The monoisotopic (exact) mass is 271 g/mol. The van der Waals surface area contributed by atoms with E-state index >= 15 is 0 Å². The van der Waals surface area contributed by atoms with Gasteiger partial charge >= 0.3 is 0 Å². The smallest absolute Gasteiger partial charge is 0.00222 e. The first-order valence-corrected chi connectivity index (χ1v) is 8.65. The van der Waals surface area contributed by atoms with Gasteiger partial charge in [-0.25, -0.2) is 0 Å². The summed E-state index contributed by atoms with van der Waals surface area (Å²) >= 11 is 0. The molecule has 0 saturated heterocycles. The normalized spacial score (nSPS) is 23.8. The molecule has 1 aliphatic rings. The maximum Gasteiger partial charge on any atom is -0.00222 e. The molecule has 1 unspecified atom stereocenters. The lowest BCUT2D eigenvalue weighted by Gasteiger charge is -2.31. The topological polar surface area (TPSA) is 3.24 Å². The molecule has 0 spiro atoms. The quantitative estimate of drug-likeness (QED) is 0.620. The molecule has 1 fully saturated rings. The Balaban J connectivity index is 0. The van der Waals surface area contributed by atoms with Crippen LogP contribution in [0.1, 0.15) is 80.1 Å². The molecule has 0 heterocycles. The summed E-state index contributed by atoms with van der Waals surface area (Å²) in [7, 11) is 4.35. The third kappa shape index (κ3) is 12.7. The van der Waals surface area contributed by atoms with Crippen LogP contribution in [-0.2, 0) is 0 Å². The van der Waals surface area contributed by atoms with Crippen molar-refractivity contribution >= 4 is 0 Å². The zero-order valence-corrected chi connectivity index (χ0v) is 15.1. The first-order valence-electron chi connectivity index (χ1n) is 8.65. The summed E-state index contributed by atoms with van der Waals surface area (Å²) in [5.41, 5.74) is 0. The molecule has 0 N–H and O–H groups in total. The summed E-state index contributed by atoms with van der Waals surface area (Å²) in [4.78, 5) is 2.31. The van der Waals surface area contributed by atoms with Crippen molar-refractivity contribution in [2.24, 2.45) is 17.8 Å². The highest BCUT2D eigenvalue weighted by molar-refractivity contribution is 4.74. The van der Waals surface area contributed by atoms with Crippen LogP contribution in [0.4, 0.5) is 0 Å². The minimum Gasteiger partial charge on any atom is -0.309 e. The molecule has 1 heteroatoms. The molecule has 1 aliphatic carbocycles. The van der Waals surface area contributed by atoms with Crippen molar-refractivity contribution in [3.63, 3.8) is 0 Å². The Bertz CT molecular complexity index is 157. The molecule has 0 aromatic rings. The first kappa shape index (κ1) is 21.3. The van der Waals surface area contributed by atoms with Gasteiger partial charge < -0.3 is 4.90 Å². The molecule has 1 saturated carbocycles. The molecular weight excluding hydrogens is 230 g/mol. The Labute approximate surface area is 124 Å². The number of rotatable bonds is 4. The molecule has 1 nitrogen and oxygen atoms in total. The van der Waals surface area contributed by atoms with E-state index in [0.29, 0.717) is 0 Å². The average Bonchev–Trinajstić information content (AvgIpc) is 2.40. The van der Waals surface area contributed by atoms with Crippen LogP contribution < -0.4 is 0 Å². The molecule has 0 bridgehead atoms. The average molecular weight is 272 g/mol. The molecule has 0 aliphatic heterocycles. The Morgan fingerprint density at radius 1 is 1.00 bits per heavy atom. The van der Waals surface area contributed by atoms with Crippen LogP contribution in [0.15, 0.2) is 0 Å². The molecule has 0 radical (unpaired) electrons. The van der Waals surface area contributed by atoms with E-state index in [1.807, 2.05) is 13.8 Å². The molecular formula is C18H41N. The lowest BCUT2D eigenvalue weighted by Crippen LogP contribution is -2.23. The fraction of sp³-hybridized carbons (Fsp3) is 1.00. The van der Waals surface area contributed by atoms with Gasteiger partial charge in [-0.3, -0.25) is 0 Å². The Kier molecular flexibility index (Phi) is 16.1. The second-order valence-electron chi connectivity index (χ2n) is 6.30. The van der Waals surface area contributed by atoms with Gasteiger partial charge in [-0.2, -0.15) is 0 Å². The van der Waals surface area contributed by atoms with Gasteiger partial charge in [-0.15, -0.1) is 0 Å². The third-order valence-electron chi connectivity index (χ3n) is 3.90. The van der Waals surface area contributed by atoms with Gasteiger partial charge in [-0.1, -0.05) is 60.8 Å². The predicted molar refractivity (Wildman–Crippen MR) is 90.8 cm³/mol. The lowest BCUT2D eigenvalue weighted by atomic mass is 9.76. The lowest BCUT2D eigenvalue weighted by molar-refractivity contribution is 0.203. The van der Waals surface area contributed by atoms with Crippen LogP contribution in [0.5, 0.6) is 0 Å². The van der Waals surface area contributed by atoms with E-state index in [2.05, 4.69) is 46.7 Å². The van der Waals surface area contributed by atoms with Gasteiger partial charge in [-0.05, 0) is 57.7 Å². The molecule has 0 aromatic carbocycles. The van der Waals surface area contributed by atoms with Crippen molar-refractivity contribution in [2.75, 3.05) is 20.6 Å². The third-order valence-corrected chi connectivity index (χ3v) is 3.90. The highest BCUT2D eigenvalue weighted by Gasteiger charge is 2.22. The van der Waals surface area contributed by atoms with Crippen molar-refractivity contribution in [1.82, 2.24) is 4.90 Å². The van der Waals surface area contributed by atoms with E-state index < -0.39 is 0 Å². The van der Waals surface area contributed by atoms with Crippen LogP contribution in [0.3, 0.4) is 0 Å². The fourth-order valence-corrected chi connectivity index (χ4v) is 2.55. The molecule has 1 rings (SSSR count). The van der Waals surface area contributed by atoms with E-state index in [1.165, 1.54) is 45.1 Å².